The van der Waals surface area contributed by atoms with Gasteiger partial charge in [-0.2, -0.15) is 0 Å². The van der Waals surface area contributed by atoms with Gasteiger partial charge in [0, 0.05) is 24.4 Å². The molecule has 0 bridgehead atoms. The van der Waals surface area contributed by atoms with Gasteiger partial charge in [-0.3, -0.25) is 14.9 Å². The third-order valence-electron chi connectivity index (χ3n) is 4.98. The topological polar surface area (TPSA) is 69.9 Å². The van der Waals surface area contributed by atoms with Gasteiger partial charge >= 0.3 is 0 Å². The first-order chi connectivity index (χ1) is 14.2. The number of hydrogen-bond acceptors (Lipinski definition) is 4. The van der Waals surface area contributed by atoms with E-state index in [0.717, 1.165) is 47.8 Å². The number of unbranched alkanes of at least 4 members (excludes halogenated alkanes) is 1. The summed E-state index contributed by atoms with van der Waals surface area (Å²) < 4.78 is 2.13. The number of pyridine rings is 1. The lowest BCUT2D eigenvalue weighted by Gasteiger charge is -2.20. The minimum atomic E-state index is -0.562. The lowest BCUT2D eigenvalue weighted by Crippen LogP contribution is -2.25. The SMILES string of the molecule is CCCCN(CC)Cc1c(-c2ccccc2)nc2cc(/C=C/C(=O)NO)ccn12. The van der Waals surface area contributed by atoms with Crippen LogP contribution < -0.4 is 5.48 Å². The molecule has 2 aromatic heterocycles. The molecule has 0 saturated carbocycles. The fraction of sp³-hybridized carbons (Fsp3) is 0.304. The first-order valence-electron chi connectivity index (χ1n) is 10.1. The number of imidazole rings is 1. The summed E-state index contributed by atoms with van der Waals surface area (Å²) in [6, 6.07) is 14.1. The fourth-order valence-corrected chi connectivity index (χ4v) is 3.34. The van der Waals surface area contributed by atoms with Gasteiger partial charge in [0.15, 0.2) is 0 Å². The highest BCUT2D eigenvalue weighted by molar-refractivity contribution is 5.91. The number of hydrogen-bond donors (Lipinski definition) is 2. The number of carbonyl (C=O) groups excluding carboxylic acids is 1. The van der Waals surface area contributed by atoms with E-state index in [4.69, 9.17) is 10.2 Å². The number of carbonyl (C=O) groups is 1. The van der Waals surface area contributed by atoms with Crippen LogP contribution in [-0.2, 0) is 11.3 Å². The van der Waals surface area contributed by atoms with Gasteiger partial charge < -0.3 is 4.40 Å². The van der Waals surface area contributed by atoms with Crippen molar-refractivity contribution >= 4 is 17.6 Å². The van der Waals surface area contributed by atoms with Crippen LogP contribution in [0.25, 0.3) is 23.0 Å². The second-order valence-electron chi connectivity index (χ2n) is 6.99. The highest BCUT2D eigenvalue weighted by atomic mass is 16.5. The number of nitrogens with one attached hydrogen (secondary N) is 1. The molecular weight excluding hydrogens is 364 g/mol. The van der Waals surface area contributed by atoms with Crippen LogP contribution in [-0.4, -0.2) is 38.5 Å². The van der Waals surface area contributed by atoms with E-state index in [1.807, 2.05) is 36.5 Å². The van der Waals surface area contributed by atoms with E-state index in [1.54, 1.807) is 11.6 Å². The number of hydroxylamine groups is 1. The van der Waals surface area contributed by atoms with Crippen LogP contribution in [0.4, 0.5) is 0 Å². The summed E-state index contributed by atoms with van der Waals surface area (Å²) in [6.07, 6.45) is 7.28. The van der Waals surface area contributed by atoms with Crippen molar-refractivity contribution < 1.29 is 10.0 Å². The number of rotatable bonds is 9. The van der Waals surface area contributed by atoms with E-state index >= 15 is 0 Å². The van der Waals surface area contributed by atoms with E-state index in [-0.39, 0.29) is 0 Å². The molecule has 0 spiro atoms. The minimum absolute atomic E-state index is 0.562. The Labute approximate surface area is 171 Å². The van der Waals surface area contributed by atoms with Crippen molar-refractivity contribution in [1.29, 1.82) is 0 Å². The first kappa shape index (κ1) is 20.8. The summed E-state index contributed by atoms with van der Waals surface area (Å²) in [4.78, 5) is 18.6. The summed E-state index contributed by atoms with van der Waals surface area (Å²) in [5.41, 5.74) is 6.51. The van der Waals surface area contributed by atoms with Gasteiger partial charge in [-0.1, -0.05) is 50.6 Å². The minimum Gasteiger partial charge on any atom is -0.302 e. The molecule has 2 heterocycles. The van der Waals surface area contributed by atoms with Gasteiger partial charge in [0.25, 0.3) is 5.91 Å². The van der Waals surface area contributed by atoms with Gasteiger partial charge in [0.2, 0.25) is 0 Å². The predicted octanol–water partition coefficient (Wildman–Crippen LogP) is 4.14. The van der Waals surface area contributed by atoms with Crippen LogP contribution in [0.5, 0.6) is 0 Å². The van der Waals surface area contributed by atoms with E-state index in [9.17, 15) is 4.79 Å². The third kappa shape index (κ3) is 5.10. The lowest BCUT2D eigenvalue weighted by molar-refractivity contribution is -0.124. The summed E-state index contributed by atoms with van der Waals surface area (Å²) in [6.45, 7) is 7.27. The van der Waals surface area contributed by atoms with Crippen LogP contribution in [0.3, 0.4) is 0 Å². The van der Waals surface area contributed by atoms with Crippen molar-refractivity contribution in [1.82, 2.24) is 19.8 Å². The van der Waals surface area contributed by atoms with Crippen LogP contribution in [0.15, 0.2) is 54.7 Å². The summed E-state index contributed by atoms with van der Waals surface area (Å²) in [5.74, 6) is -0.562. The van der Waals surface area contributed by atoms with Gasteiger partial charge in [-0.15, -0.1) is 0 Å². The Morgan fingerprint density at radius 1 is 1.24 bits per heavy atom. The van der Waals surface area contributed by atoms with E-state index in [0.29, 0.717) is 0 Å². The highest BCUT2D eigenvalue weighted by Crippen LogP contribution is 2.26. The van der Waals surface area contributed by atoms with Gasteiger partial charge in [-0.25, -0.2) is 10.5 Å². The Kier molecular flexibility index (Phi) is 7.16. The van der Waals surface area contributed by atoms with E-state index in [2.05, 4.69) is 35.3 Å². The van der Waals surface area contributed by atoms with Crippen molar-refractivity contribution in [3.8, 4) is 11.3 Å². The highest BCUT2D eigenvalue weighted by Gasteiger charge is 2.16. The molecule has 6 nitrogen and oxygen atoms in total. The molecule has 29 heavy (non-hydrogen) atoms. The Bertz CT molecular complexity index is 979. The van der Waals surface area contributed by atoms with E-state index in [1.165, 1.54) is 18.9 Å². The zero-order valence-corrected chi connectivity index (χ0v) is 17.0. The van der Waals surface area contributed by atoms with Crippen molar-refractivity contribution in [2.24, 2.45) is 0 Å². The first-order valence-corrected chi connectivity index (χ1v) is 10.1. The average Bonchev–Trinajstić information content (AvgIpc) is 3.12. The molecule has 1 amide bonds. The molecule has 0 aliphatic carbocycles. The molecule has 0 saturated heterocycles. The molecule has 2 N–H and O–H groups in total. The second-order valence-corrected chi connectivity index (χ2v) is 6.99. The molecule has 3 rings (SSSR count). The van der Waals surface area contributed by atoms with Crippen LogP contribution >= 0.6 is 0 Å². The zero-order valence-electron chi connectivity index (χ0n) is 17.0. The number of fused-ring (bicyclic) bond motifs is 1. The molecule has 152 valence electrons. The average molecular weight is 393 g/mol. The van der Waals surface area contributed by atoms with Crippen molar-refractivity contribution in [2.45, 2.75) is 33.2 Å². The molecule has 1 aromatic carbocycles. The summed E-state index contributed by atoms with van der Waals surface area (Å²) in [7, 11) is 0. The second kappa shape index (κ2) is 10.0. The molecule has 6 heteroatoms. The Balaban J connectivity index is 2.03. The maximum absolute atomic E-state index is 11.3. The van der Waals surface area contributed by atoms with Crippen LogP contribution in [0.1, 0.15) is 37.9 Å². The Hall–Kier alpha value is -2.96. The lowest BCUT2D eigenvalue weighted by atomic mass is 10.1. The van der Waals surface area contributed by atoms with E-state index < -0.39 is 5.91 Å². The zero-order chi connectivity index (χ0) is 20.6. The Morgan fingerprint density at radius 2 is 2.03 bits per heavy atom. The molecule has 0 aliphatic heterocycles. The fourth-order valence-electron chi connectivity index (χ4n) is 3.34. The molecule has 0 unspecified atom stereocenters. The predicted molar refractivity (Wildman–Crippen MR) is 115 cm³/mol. The maximum Gasteiger partial charge on any atom is 0.267 e. The van der Waals surface area contributed by atoms with Gasteiger partial charge in [0.1, 0.15) is 5.65 Å². The van der Waals surface area contributed by atoms with Crippen LogP contribution in [0.2, 0.25) is 0 Å². The number of nitrogens with zero attached hydrogens (tertiary/aromatic N) is 3. The molecule has 0 atom stereocenters. The molecular formula is C23H28N4O2. The van der Waals surface area contributed by atoms with Gasteiger partial charge in [0.05, 0.1) is 11.4 Å². The van der Waals surface area contributed by atoms with Crippen molar-refractivity contribution in [2.75, 3.05) is 13.1 Å². The molecule has 0 fully saturated rings. The third-order valence-corrected chi connectivity index (χ3v) is 4.98. The summed E-state index contributed by atoms with van der Waals surface area (Å²) >= 11 is 0. The normalized spacial score (nSPS) is 11.6. The van der Waals surface area contributed by atoms with Crippen LogP contribution in [0, 0.1) is 0 Å². The monoisotopic (exact) mass is 392 g/mol. The summed E-state index contributed by atoms with van der Waals surface area (Å²) in [5, 5.41) is 8.65. The largest absolute Gasteiger partial charge is 0.302 e. The number of benzene rings is 1. The van der Waals surface area contributed by atoms with Gasteiger partial charge in [-0.05, 0) is 43.3 Å². The van der Waals surface area contributed by atoms with Crippen molar-refractivity contribution in [3.63, 3.8) is 0 Å². The quantitative estimate of drug-likeness (QED) is 0.326. The van der Waals surface area contributed by atoms with Crippen molar-refractivity contribution in [3.05, 3.63) is 66.0 Å². The smallest absolute Gasteiger partial charge is 0.267 e. The Morgan fingerprint density at radius 3 is 2.72 bits per heavy atom. The molecule has 0 radical (unpaired) electrons. The standard InChI is InChI=1S/C23H28N4O2/c1-3-5-14-26(4-2)17-20-23(19-9-7-6-8-10-19)24-21-16-18(13-15-27(20)21)11-12-22(28)25-29/h6-13,15-16,29H,3-5,14,17H2,1-2H3,(H,25,28)/b12-11+. The molecule has 3 aromatic rings. The maximum atomic E-state index is 11.3. The molecule has 0 aliphatic rings. The number of aromatic nitrogens is 2. The number of amides is 1.